The third-order valence-electron chi connectivity index (χ3n) is 5.78. The van der Waals surface area contributed by atoms with Crippen molar-refractivity contribution >= 4 is 17.6 Å². The normalized spacial score (nSPS) is 13.7. The quantitative estimate of drug-likeness (QED) is 0.457. The third kappa shape index (κ3) is 4.41. The van der Waals surface area contributed by atoms with Crippen molar-refractivity contribution in [2.45, 2.75) is 19.6 Å². The molecule has 0 N–H and O–H groups in total. The number of hydrogen-bond donors (Lipinski definition) is 0. The second-order valence-corrected chi connectivity index (χ2v) is 8.14. The Labute approximate surface area is 192 Å². The molecule has 3 aromatic carbocycles. The number of carbonyl (C=O) groups is 2. The molecule has 0 saturated heterocycles. The Morgan fingerprint density at radius 2 is 1.18 bits per heavy atom. The van der Waals surface area contributed by atoms with Crippen molar-refractivity contribution in [3.05, 3.63) is 120 Å². The molecule has 0 aliphatic carbocycles. The molecule has 1 aromatic heterocycles. The van der Waals surface area contributed by atoms with Crippen molar-refractivity contribution in [1.29, 1.82) is 0 Å². The predicted molar refractivity (Wildman–Crippen MR) is 127 cm³/mol. The van der Waals surface area contributed by atoms with Crippen molar-refractivity contribution in [2.24, 2.45) is 0 Å². The Bertz CT molecular complexity index is 1250. The monoisotopic (exact) mass is 436 g/mol. The second kappa shape index (κ2) is 9.12. The second-order valence-electron chi connectivity index (χ2n) is 8.14. The maximum absolute atomic E-state index is 13.5. The zero-order valence-electron chi connectivity index (χ0n) is 18.2. The van der Waals surface area contributed by atoms with Crippen LogP contribution in [0.4, 0.5) is 5.82 Å². The van der Waals surface area contributed by atoms with Gasteiger partial charge in [0.25, 0.3) is 5.91 Å². The van der Waals surface area contributed by atoms with E-state index in [2.05, 4.69) is 4.98 Å². The number of rotatable bonds is 6. The molecule has 0 fully saturated rings. The fraction of sp³-hybridized carbons (Fsp3) is 0.148. The molecule has 2 heterocycles. The fourth-order valence-electron chi connectivity index (χ4n) is 4.15. The van der Waals surface area contributed by atoms with Crippen LogP contribution in [0.2, 0.25) is 0 Å². The number of nitrogens with zero attached hydrogens (tertiary/aromatic N) is 4. The molecule has 2 amide bonds. The van der Waals surface area contributed by atoms with E-state index in [9.17, 15) is 9.59 Å². The predicted octanol–water partition coefficient (Wildman–Crippen LogP) is 4.12. The summed E-state index contributed by atoms with van der Waals surface area (Å²) in [6.07, 6.45) is 1.66. The van der Waals surface area contributed by atoms with Crippen LogP contribution in [0.25, 0.3) is 0 Å². The Morgan fingerprint density at radius 1 is 0.667 bits per heavy atom. The van der Waals surface area contributed by atoms with E-state index in [0.29, 0.717) is 31.1 Å². The lowest BCUT2D eigenvalue weighted by molar-refractivity contribution is -0.119. The van der Waals surface area contributed by atoms with Gasteiger partial charge in [0.1, 0.15) is 12.4 Å². The first-order chi connectivity index (χ1) is 16.2. The largest absolute Gasteiger partial charge is 0.324 e. The molecule has 164 valence electrons. The maximum Gasteiger partial charge on any atom is 0.277 e. The molecule has 6 nitrogen and oxygen atoms in total. The minimum Gasteiger partial charge on any atom is -0.324 e. The lowest BCUT2D eigenvalue weighted by Gasteiger charge is -2.24. The van der Waals surface area contributed by atoms with Gasteiger partial charge in [-0.15, -0.1) is 0 Å². The molecule has 0 atom stereocenters. The Hall–Kier alpha value is -4.19. The molecule has 0 bridgehead atoms. The van der Waals surface area contributed by atoms with Crippen LogP contribution in [-0.2, 0) is 24.4 Å². The summed E-state index contributed by atoms with van der Waals surface area (Å²) < 4.78 is 1.90. The van der Waals surface area contributed by atoms with Crippen LogP contribution >= 0.6 is 0 Å². The fourth-order valence-corrected chi connectivity index (χ4v) is 4.15. The first kappa shape index (κ1) is 20.7. The van der Waals surface area contributed by atoms with E-state index in [0.717, 1.165) is 16.7 Å². The van der Waals surface area contributed by atoms with Gasteiger partial charge in [-0.2, -0.15) is 0 Å². The molecule has 0 spiro atoms. The standard InChI is InChI=1S/C27H24N4O2/c32-24-19-29(16-21-10-4-1-5-11-21)27(33)25-26(31(24)18-23-14-8-3-9-15-23)30(20-28-25)17-22-12-6-2-7-13-22/h1-15,20H,16-19H2. The summed E-state index contributed by atoms with van der Waals surface area (Å²) >= 11 is 0. The van der Waals surface area contributed by atoms with Crippen molar-refractivity contribution in [1.82, 2.24) is 14.5 Å². The molecular weight excluding hydrogens is 412 g/mol. The Kier molecular flexibility index (Phi) is 5.72. The average Bonchev–Trinajstić information content (AvgIpc) is 3.22. The van der Waals surface area contributed by atoms with Crippen LogP contribution in [0.15, 0.2) is 97.3 Å². The molecule has 0 radical (unpaired) electrons. The highest BCUT2D eigenvalue weighted by atomic mass is 16.2. The van der Waals surface area contributed by atoms with Gasteiger partial charge in [-0.05, 0) is 16.7 Å². The number of carbonyl (C=O) groups excluding carboxylic acids is 2. The van der Waals surface area contributed by atoms with Gasteiger partial charge in [-0.25, -0.2) is 4.98 Å². The van der Waals surface area contributed by atoms with Crippen LogP contribution in [0.1, 0.15) is 27.2 Å². The van der Waals surface area contributed by atoms with Crippen LogP contribution in [0, 0.1) is 0 Å². The first-order valence-corrected chi connectivity index (χ1v) is 11.0. The van der Waals surface area contributed by atoms with Gasteiger partial charge in [-0.3, -0.25) is 14.5 Å². The minimum atomic E-state index is -0.232. The number of aromatic nitrogens is 2. The third-order valence-corrected chi connectivity index (χ3v) is 5.78. The molecular formula is C27H24N4O2. The summed E-state index contributed by atoms with van der Waals surface area (Å²) in [5.41, 5.74) is 3.35. The van der Waals surface area contributed by atoms with Crippen molar-refractivity contribution < 1.29 is 9.59 Å². The van der Waals surface area contributed by atoms with Crippen LogP contribution in [-0.4, -0.2) is 32.8 Å². The van der Waals surface area contributed by atoms with E-state index in [-0.39, 0.29) is 18.4 Å². The smallest absolute Gasteiger partial charge is 0.277 e. The van der Waals surface area contributed by atoms with Gasteiger partial charge >= 0.3 is 0 Å². The molecule has 33 heavy (non-hydrogen) atoms. The molecule has 0 saturated carbocycles. The lowest BCUT2D eigenvalue weighted by Crippen LogP contribution is -2.39. The van der Waals surface area contributed by atoms with Gasteiger partial charge in [0, 0.05) is 6.54 Å². The first-order valence-electron chi connectivity index (χ1n) is 11.0. The number of fused-ring (bicyclic) bond motifs is 1. The Morgan fingerprint density at radius 3 is 1.76 bits per heavy atom. The van der Waals surface area contributed by atoms with E-state index in [1.807, 2.05) is 95.6 Å². The van der Waals surface area contributed by atoms with Gasteiger partial charge in [0.15, 0.2) is 5.69 Å². The van der Waals surface area contributed by atoms with E-state index in [1.165, 1.54) is 0 Å². The van der Waals surface area contributed by atoms with Crippen LogP contribution < -0.4 is 4.90 Å². The molecule has 4 aromatic rings. The maximum atomic E-state index is 13.5. The summed E-state index contributed by atoms with van der Waals surface area (Å²) in [6.45, 7) is 1.26. The highest BCUT2D eigenvalue weighted by Crippen LogP contribution is 2.28. The average molecular weight is 437 g/mol. The SMILES string of the molecule is O=C1c2ncn(Cc3ccccc3)c2N(Cc2ccccc2)C(=O)CN1Cc1ccccc1. The van der Waals surface area contributed by atoms with E-state index >= 15 is 0 Å². The number of anilines is 1. The number of hydrogen-bond acceptors (Lipinski definition) is 3. The lowest BCUT2D eigenvalue weighted by atomic mass is 10.2. The molecule has 1 aliphatic rings. The van der Waals surface area contributed by atoms with E-state index in [1.54, 1.807) is 16.1 Å². The highest BCUT2D eigenvalue weighted by Gasteiger charge is 2.35. The summed E-state index contributed by atoms with van der Waals surface area (Å²) in [7, 11) is 0. The van der Waals surface area contributed by atoms with Crippen molar-refractivity contribution in [3.63, 3.8) is 0 Å². The molecule has 6 heteroatoms. The summed E-state index contributed by atoms with van der Waals surface area (Å²) in [6, 6.07) is 29.5. The van der Waals surface area contributed by atoms with Gasteiger partial charge in [0.05, 0.1) is 19.4 Å². The van der Waals surface area contributed by atoms with Gasteiger partial charge in [-0.1, -0.05) is 91.0 Å². The van der Waals surface area contributed by atoms with Crippen LogP contribution in [0.3, 0.4) is 0 Å². The van der Waals surface area contributed by atoms with E-state index in [4.69, 9.17) is 0 Å². The number of imidazole rings is 1. The topological polar surface area (TPSA) is 58.4 Å². The molecule has 0 unspecified atom stereocenters. The summed E-state index contributed by atoms with van der Waals surface area (Å²) in [5.74, 6) is 0.189. The number of amides is 2. The minimum absolute atomic E-state index is 0.00224. The highest BCUT2D eigenvalue weighted by molar-refractivity contribution is 6.07. The zero-order valence-corrected chi connectivity index (χ0v) is 18.2. The zero-order chi connectivity index (χ0) is 22.6. The van der Waals surface area contributed by atoms with Gasteiger partial charge < -0.3 is 9.47 Å². The van der Waals surface area contributed by atoms with Crippen LogP contribution in [0.5, 0.6) is 0 Å². The van der Waals surface area contributed by atoms with Crippen molar-refractivity contribution in [2.75, 3.05) is 11.4 Å². The summed E-state index contributed by atoms with van der Waals surface area (Å²) in [5, 5.41) is 0. The van der Waals surface area contributed by atoms with Gasteiger partial charge in [0.2, 0.25) is 5.91 Å². The molecule has 5 rings (SSSR count). The number of benzene rings is 3. The Balaban J connectivity index is 1.55. The molecule has 1 aliphatic heterocycles. The van der Waals surface area contributed by atoms with Crippen molar-refractivity contribution in [3.8, 4) is 0 Å². The van der Waals surface area contributed by atoms with E-state index < -0.39 is 0 Å². The summed E-state index contributed by atoms with van der Waals surface area (Å²) in [4.78, 5) is 34.8.